The molecule has 0 spiro atoms. The number of hydrogen-bond acceptors (Lipinski definition) is 1. The van der Waals surface area contributed by atoms with Crippen LogP contribution in [0.15, 0.2) is 10.8 Å². The lowest BCUT2D eigenvalue weighted by Gasteiger charge is -1.95. The molecule has 0 unspecified atom stereocenters. The van der Waals surface area contributed by atoms with Gasteiger partial charge in [0, 0.05) is 7.05 Å². The van der Waals surface area contributed by atoms with E-state index < -0.39 is 0 Å². The van der Waals surface area contributed by atoms with Gasteiger partial charge >= 0.3 is 0 Å². The van der Waals surface area contributed by atoms with Gasteiger partial charge in [0.1, 0.15) is 0 Å². The Morgan fingerprint density at radius 1 is 1.67 bits per heavy atom. The summed E-state index contributed by atoms with van der Waals surface area (Å²) in [6.07, 6.45) is 8.64. The molecule has 3 heteroatoms. The van der Waals surface area contributed by atoms with Gasteiger partial charge in [-0.05, 0) is 35.0 Å². The third kappa shape index (κ3) is 1.59. The minimum absolute atomic E-state index is 0.816. The van der Waals surface area contributed by atoms with Crippen molar-refractivity contribution in [3.05, 3.63) is 22.2 Å². The average Bonchev–Trinajstić information content (AvgIpc) is 2.25. The molecule has 0 bridgehead atoms. The van der Waals surface area contributed by atoms with Crippen LogP contribution < -0.4 is 0 Å². The van der Waals surface area contributed by atoms with Crippen molar-refractivity contribution in [2.75, 3.05) is 0 Å². The first-order valence-corrected chi connectivity index (χ1v) is 4.27. The minimum Gasteiger partial charge on any atom is -0.322 e. The number of allylic oxidation sites excluding steroid dienone is 1. The Kier molecular flexibility index (Phi) is 2.72. The number of nitrogens with zero attached hydrogens (tertiary/aromatic N) is 2. The highest BCUT2D eigenvalue weighted by molar-refractivity contribution is 9.10. The molecular formula is C9H9BrN2. The molecule has 0 fully saturated rings. The first-order valence-electron chi connectivity index (χ1n) is 3.48. The molecule has 0 N–H and O–H groups in total. The molecule has 0 aliphatic rings. The fourth-order valence-corrected chi connectivity index (χ4v) is 1.43. The molecule has 1 heterocycles. The molecule has 0 atom stereocenters. The van der Waals surface area contributed by atoms with Crippen LogP contribution in [0.2, 0.25) is 0 Å². The Hall–Kier alpha value is -1.01. The predicted octanol–water partition coefficient (Wildman–Crippen LogP) is 2.14. The van der Waals surface area contributed by atoms with Crippen LogP contribution in [0.4, 0.5) is 0 Å². The van der Waals surface area contributed by atoms with E-state index in [1.54, 1.807) is 6.08 Å². The Morgan fingerprint density at radius 3 is 2.75 bits per heavy atom. The van der Waals surface area contributed by atoms with E-state index in [4.69, 9.17) is 6.42 Å². The third-order valence-corrected chi connectivity index (χ3v) is 2.32. The van der Waals surface area contributed by atoms with Crippen molar-refractivity contribution < 1.29 is 0 Å². The summed E-state index contributed by atoms with van der Waals surface area (Å²) >= 11 is 3.33. The van der Waals surface area contributed by atoms with Gasteiger partial charge in [-0.15, -0.1) is 6.42 Å². The number of hydrogen-bond donors (Lipinski definition) is 0. The van der Waals surface area contributed by atoms with E-state index in [0.717, 1.165) is 16.1 Å². The summed E-state index contributed by atoms with van der Waals surface area (Å²) in [5, 5.41) is 0. The highest BCUT2D eigenvalue weighted by Gasteiger charge is 2.04. The van der Waals surface area contributed by atoms with E-state index >= 15 is 0 Å². The third-order valence-electron chi connectivity index (χ3n) is 1.61. The topological polar surface area (TPSA) is 17.8 Å². The molecule has 0 saturated carbocycles. The minimum atomic E-state index is 0.816. The van der Waals surface area contributed by atoms with Crippen molar-refractivity contribution in [1.29, 1.82) is 0 Å². The van der Waals surface area contributed by atoms with Gasteiger partial charge in [0.15, 0.2) is 4.73 Å². The monoisotopic (exact) mass is 224 g/mol. The van der Waals surface area contributed by atoms with E-state index in [-0.39, 0.29) is 0 Å². The molecule has 1 aromatic rings. The van der Waals surface area contributed by atoms with Crippen molar-refractivity contribution >= 4 is 22.0 Å². The highest BCUT2D eigenvalue weighted by atomic mass is 79.9. The summed E-state index contributed by atoms with van der Waals surface area (Å²) in [5.74, 6) is 2.44. The lowest BCUT2D eigenvalue weighted by Crippen LogP contribution is -1.90. The van der Waals surface area contributed by atoms with Gasteiger partial charge in [-0.25, -0.2) is 4.98 Å². The molecule has 0 aliphatic heterocycles. The summed E-state index contributed by atoms with van der Waals surface area (Å²) in [7, 11) is 1.93. The van der Waals surface area contributed by atoms with Crippen LogP contribution in [0.1, 0.15) is 11.4 Å². The molecule has 0 saturated heterocycles. The maximum Gasteiger partial charge on any atom is 0.177 e. The molecule has 12 heavy (non-hydrogen) atoms. The average molecular weight is 225 g/mol. The molecule has 0 aliphatic carbocycles. The number of imidazole rings is 1. The van der Waals surface area contributed by atoms with Crippen molar-refractivity contribution in [1.82, 2.24) is 9.55 Å². The number of aryl methyl sites for hydroxylation is 1. The van der Waals surface area contributed by atoms with Crippen LogP contribution in [0.5, 0.6) is 0 Å². The number of aromatic nitrogens is 2. The summed E-state index contributed by atoms with van der Waals surface area (Å²) in [6.45, 7) is 1.95. The lowest BCUT2D eigenvalue weighted by molar-refractivity contribution is 0.871. The first kappa shape index (κ1) is 9.08. The predicted molar refractivity (Wildman–Crippen MR) is 53.5 cm³/mol. The number of terminal acetylenes is 1. The van der Waals surface area contributed by atoms with Crippen molar-refractivity contribution in [3.8, 4) is 12.3 Å². The van der Waals surface area contributed by atoms with E-state index in [9.17, 15) is 0 Å². The van der Waals surface area contributed by atoms with Gasteiger partial charge in [-0.2, -0.15) is 0 Å². The zero-order chi connectivity index (χ0) is 9.14. The van der Waals surface area contributed by atoms with Crippen LogP contribution in [-0.4, -0.2) is 9.55 Å². The van der Waals surface area contributed by atoms with Gasteiger partial charge in [0.05, 0.1) is 11.4 Å². The Labute approximate surface area is 80.4 Å². The van der Waals surface area contributed by atoms with E-state index in [2.05, 4.69) is 26.8 Å². The molecule has 0 amide bonds. The van der Waals surface area contributed by atoms with Crippen LogP contribution in [0, 0.1) is 19.3 Å². The van der Waals surface area contributed by atoms with Crippen molar-refractivity contribution in [2.45, 2.75) is 6.92 Å². The van der Waals surface area contributed by atoms with E-state index in [1.807, 2.05) is 24.6 Å². The van der Waals surface area contributed by atoms with Crippen LogP contribution in [-0.2, 0) is 7.05 Å². The molecule has 0 aromatic carbocycles. The van der Waals surface area contributed by atoms with Gasteiger partial charge in [0.25, 0.3) is 0 Å². The SMILES string of the molecule is C#C/C=C\c1c(C)nc(Br)n1C. The summed E-state index contributed by atoms with van der Waals surface area (Å²) < 4.78 is 2.75. The molecule has 1 aromatic heterocycles. The van der Waals surface area contributed by atoms with Crippen LogP contribution in [0.3, 0.4) is 0 Å². The van der Waals surface area contributed by atoms with Crippen molar-refractivity contribution in [2.24, 2.45) is 7.05 Å². The molecule has 1 rings (SSSR count). The van der Waals surface area contributed by atoms with Gasteiger partial charge < -0.3 is 4.57 Å². The van der Waals surface area contributed by atoms with Crippen LogP contribution in [0.25, 0.3) is 6.08 Å². The molecule has 0 radical (unpaired) electrons. The summed E-state index contributed by atoms with van der Waals surface area (Å²) in [6, 6.07) is 0. The summed E-state index contributed by atoms with van der Waals surface area (Å²) in [5.41, 5.74) is 2.00. The maximum absolute atomic E-state index is 5.11. The highest BCUT2D eigenvalue weighted by Crippen LogP contribution is 2.15. The normalized spacial score (nSPS) is 10.5. The largest absolute Gasteiger partial charge is 0.322 e. The molecule has 62 valence electrons. The standard InChI is InChI=1S/C9H9BrN2/c1-4-5-6-8-7(2)11-9(10)12(8)3/h1,5-6H,2-3H3/b6-5-. The first-order chi connectivity index (χ1) is 5.66. The smallest absolute Gasteiger partial charge is 0.177 e. The fraction of sp³-hybridized carbons (Fsp3) is 0.222. The van der Waals surface area contributed by atoms with Gasteiger partial charge in [-0.3, -0.25) is 0 Å². The maximum atomic E-state index is 5.11. The second-order valence-corrected chi connectivity index (χ2v) is 3.12. The summed E-state index contributed by atoms with van der Waals surface area (Å²) in [4.78, 5) is 4.22. The Morgan fingerprint density at radius 2 is 2.33 bits per heavy atom. The zero-order valence-electron chi connectivity index (χ0n) is 7.00. The van der Waals surface area contributed by atoms with Gasteiger partial charge in [-0.1, -0.05) is 5.92 Å². The second-order valence-electron chi connectivity index (χ2n) is 2.41. The van der Waals surface area contributed by atoms with E-state index in [0.29, 0.717) is 0 Å². The Balaban J connectivity index is 3.16. The van der Waals surface area contributed by atoms with Crippen molar-refractivity contribution in [3.63, 3.8) is 0 Å². The van der Waals surface area contributed by atoms with E-state index in [1.165, 1.54) is 0 Å². The number of rotatable bonds is 1. The Bertz CT molecular complexity index is 355. The number of halogens is 1. The fourth-order valence-electron chi connectivity index (χ4n) is 0.972. The molecule has 2 nitrogen and oxygen atoms in total. The lowest BCUT2D eigenvalue weighted by atomic mass is 10.3. The van der Waals surface area contributed by atoms with Crippen LogP contribution >= 0.6 is 15.9 Å². The second kappa shape index (κ2) is 3.59. The zero-order valence-corrected chi connectivity index (χ0v) is 8.59. The molecular weight excluding hydrogens is 216 g/mol. The van der Waals surface area contributed by atoms with Gasteiger partial charge in [0.2, 0.25) is 0 Å². The quantitative estimate of drug-likeness (QED) is 0.669.